The largest absolute Gasteiger partial charge is 0.347 e. The monoisotopic (exact) mass is 414 g/mol. The van der Waals surface area contributed by atoms with Gasteiger partial charge in [0.2, 0.25) is 0 Å². The summed E-state index contributed by atoms with van der Waals surface area (Å²) in [6.07, 6.45) is 1.77. The summed E-state index contributed by atoms with van der Waals surface area (Å²) in [6.45, 7) is 1.99. The van der Waals surface area contributed by atoms with Crippen LogP contribution in [0.4, 0.5) is 9.18 Å². The Kier molecular flexibility index (Phi) is 4.77. The van der Waals surface area contributed by atoms with E-state index >= 15 is 0 Å². The highest BCUT2D eigenvalue weighted by atomic mass is 35.5. The van der Waals surface area contributed by atoms with Crippen molar-refractivity contribution in [3.05, 3.63) is 75.0 Å². The van der Waals surface area contributed by atoms with Gasteiger partial charge in [-0.05, 0) is 48.5 Å². The van der Waals surface area contributed by atoms with Crippen LogP contribution in [0.15, 0.2) is 47.4 Å². The third-order valence-corrected chi connectivity index (χ3v) is 6.20. The number of halogens is 2. The van der Waals surface area contributed by atoms with Gasteiger partial charge in [0.15, 0.2) is 0 Å². The molecule has 2 amide bonds. The second-order valence-electron chi connectivity index (χ2n) is 6.58. The molecule has 0 saturated carbocycles. The van der Waals surface area contributed by atoms with Gasteiger partial charge in [-0.2, -0.15) is 0 Å². The number of fused-ring (bicyclic) bond motifs is 1. The molecule has 28 heavy (non-hydrogen) atoms. The van der Waals surface area contributed by atoms with E-state index in [1.54, 1.807) is 6.08 Å². The van der Waals surface area contributed by atoms with Gasteiger partial charge >= 0.3 is 0 Å². The maximum absolute atomic E-state index is 13.2. The van der Waals surface area contributed by atoms with E-state index < -0.39 is 5.82 Å². The number of benzene rings is 2. The van der Waals surface area contributed by atoms with Crippen LogP contribution in [0.2, 0.25) is 5.02 Å². The molecule has 0 bridgehead atoms. The summed E-state index contributed by atoms with van der Waals surface area (Å²) in [5, 5.41) is 0.846. The molecule has 0 spiro atoms. The van der Waals surface area contributed by atoms with Crippen LogP contribution in [-0.4, -0.2) is 20.6 Å². The molecule has 0 atom stereocenters. The summed E-state index contributed by atoms with van der Waals surface area (Å²) < 4.78 is 15.3. The van der Waals surface area contributed by atoms with Crippen molar-refractivity contribution in [2.75, 3.05) is 0 Å². The van der Waals surface area contributed by atoms with Gasteiger partial charge in [0.05, 0.1) is 11.4 Å². The third-order valence-electron chi connectivity index (χ3n) is 4.94. The van der Waals surface area contributed by atoms with Gasteiger partial charge in [-0.15, -0.1) is 0 Å². The van der Waals surface area contributed by atoms with Crippen molar-refractivity contribution in [1.29, 1.82) is 0 Å². The van der Waals surface area contributed by atoms with E-state index in [1.165, 1.54) is 18.2 Å². The van der Waals surface area contributed by atoms with E-state index in [4.69, 9.17) is 11.6 Å². The Morgan fingerprint density at radius 1 is 1.18 bits per heavy atom. The number of para-hydroxylation sites is 1. The lowest BCUT2D eigenvalue weighted by Crippen LogP contribution is -2.27. The average Bonchev–Trinajstić information content (AvgIpc) is 3.07. The fraction of sp³-hybridized carbons (Fsp3) is 0.143. The van der Waals surface area contributed by atoms with Crippen molar-refractivity contribution in [3.8, 4) is 0 Å². The van der Waals surface area contributed by atoms with Crippen LogP contribution in [0.5, 0.6) is 0 Å². The standard InChI is InChI=1S/C21H16ClFN2O2S/c1-12-16(15-5-3-4-6-18(15)24(12)2)10-19-20(26)25(21(27)28-19)11-13-7-8-14(23)9-17(13)22/h3-10H,11H2,1-2H3/b19-10-. The quantitative estimate of drug-likeness (QED) is 0.530. The molecular formula is C21H16ClFN2O2S. The van der Waals surface area contributed by atoms with E-state index in [2.05, 4.69) is 4.57 Å². The minimum atomic E-state index is -0.464. The fourth-order valence-corrected chi connectivity index (χ4v) is 4.37. The summed E-state index contributed by atoms with van der Waals surface area (Å²) in [6, 6.07) is 11.8. The van der Waals surface area contributed by atoms with E-state index in [-0.39, 0.29) is 22.7 Å². The molecule has 1 saturated heterocycles. The number of carbonyl (C=O) groups excluding carboxylic acids is 2. The molecule has 1 aliphatic heterocycles. The average molecular weight is 415 g/mol. The van der Waals surface area contributed by atoms with E-state index in [1.807, 2.05) is 38.2 Å². The number of imide groups is 1. The number of amides is 2. The molecule has 1 aromatic heterocycles. The van der Waals surface area contributed by atoms with Gasteiger partial charge in [-0.1, -0.05) is 35.9 Å². The summed E-state index contributed by atoms with van der Waals surface area (Å²) >= 11 is 6.95. The lowest BCUT2D eigenvalue weighted by Gasteiger charge is -2.13. The molecule has 1 fully saturated rings. The zero-order valence-corrected chi connectivity index (χ0v) is 16.8. The first kappa shape index (κ1) is 18.8. The van der Waals surface area contributed by atoms with Crippen LogP contribution in [0.25, 0.3) is 17.0 Å². The zero-order chi connectivity index (χ0) is 20.0. The van der Waals surface area contributed by atoms with Crippen molar-refractivity contribution in [3.63, 3.8) is 0 Å². The van der Waals surface area contributed by atoms with Gasteiger partial charge in [0.1, 0.15) is 5.82 Å². The first-order chi connectivity index (χ1) is 13.4. The number of aromatic nitrogens is 1. The summed E-state index contributed by atoms with van der Waals surface area (Å²) in [7, 11) is 1.97. The molecule has 4 rings (SSSR count). The van der Waals surface area contributed by atoms with Crippen molar-refractivity contribution in [2.24, 2.45) is 7.05 Å². The molecule has 0 radical (unpaired) electrons. The highest BCUT2D eigenvalue weighted by Crippen LogP contribution is 2.36. The van der Waals surface area contributed by atoms with Crippen LogP contribution >= 0.6 is 23.4 Å². The number of hydrogen-bond donors (Lipinski definition) is 0. The minimum Gasteiger partial charge on any atom is -0.347 e. The molecule has 7 heteroatoms. The van der Waals surface area contributed by atoms with Gasteiger partial charge < -0.3 is 4.57 Å². The minimum absolute atomic E-state index is 0.00956. The number of carbonyl (C=O) groups is 2. The van der Waals surface area contributed by atoms with Crippen LogP contribution in [0.3, 0.4) is 0 Å². The number of thioether (sulfide) groups is 1. The molecule has 142 valence electrons. The smallest absolute Gasteiger partial charge is 0.293 e. The predicted molar refractivity (Wildman–Crippen MR) is 111 cm³/mol. The highest BCUT2D eigenvalue weighted by Gasteiger charge is 2.35. The Morgan fingerprint density at radius 3 is 2.68 bits per heavy atom. The molecule has 0 aliphatic carbocycles. The van der Waals surface area contributed by atoms with Gasteiger partial charge in [0.25, 0.3) is 11.1 Å². The van der Waals surface area contributed by atoms with Crippen LogP contribution < -0.4 is 0 Å². The van der Waals surface area contributed by atoms with Gasteiger partial charge in [-0.3, -0.25) is 14.5 Å². The molecule has 4 nitrogen and oxygen atoms in total. The number of hydrogen-bond acceptors (Lipinski definition) is 3. The van der Waals surface area contributed by atoms with E-state index in [9.17, 15) is 14.0 Å². The van der Waals surface area contributed by atoms with Crippen molar-refractivity contribution < 1.29 is 14.0 Å². The number of nitrogens with zero attached hydrogens (tertiary/aromatic N) is 2. The third kappa shape index (κ3) is 3.12. The zero-order valence-electron chi connectivity index (χ0n) is 15.2. The number of rotatable bonds is 3. The predicted octanol–water partition coefficient (Wildman–Crippen LogP) is 5.52. The van der Waals surface area contributed by atoms with Gasteiger partial charge in [0, 0.05) is 34.2 Å². The van der Waals surface area contributed by atoms with E-state index in [0.717, 1.165) is 38.8 Å². The molecule has 2 aromatic carbocycles. The summed E-state index contributed by atoms with van der Waals surface area (Å²) in [5.41, 5.74) is 3.51. The molecule has 3 aromatic rings. The molecule has 0 unspecified atom stereocenters. The lowest BCUT2D eigenvalue weighted by atomic mass is 10.1. The topological polar surface area (TPSA) is 42.3 Å². The molecular weight excluding hydrogens is 399 g/mol. The Labute approximate surface area is 170 Å². The van der Waals surface area contributed by atoms with Crippen molar-refractivity contribution >= 4 is 51.5 Å². The fourth-order valence-electron chi connectivity index (χ4n) is 3.32. The maximum atomic E-state index is 13.2. The van der Waals surface area contributed by atoms with Gasteiger partial charge in [-0.25, -0.2) is 4.39 Å². The van der Waals surface area contributed by atoms with E-state index in [0.29, 0.717) is 10.5 Å². The lowest BCUT2D eigenvalue weighted by molar-refractivity contribution is -0.123. The SMILES string of the molecule is Cc1c(/C=C2\SC(=O)N(Cc3ccc(F)cc3Cl)C2=O)c2ccccc2n1C. The first-order valence-electron chi connectivity index (χ1n) is 8.60. The Balaban J connectivity index is 1.69. The molecule has 2 heterocycles. The Hall–Kier alpha value is -2.57. The van der Waals surface area contributed by atoms with Crippen molar-refractivity contribution in [1.82, 2.24) is 9.47 Å². The highest BCUT2D eigenvalue weighted by molar-refractivity contribution is 8.18. The summed E-state index contributed by atoms with van der Waals surface area (Å²) in [5.74, 6) is -0.836. The molecule has 1 aliphatic rings. The first-order valence-corrected chi connectivity index (χ1v) is 9.79. The molecule has 0 N–H and O–H groups in total. The van der Waals surface area contributed by atoms with Crippen LogP contribution in [-0.2, 0) is 18.4 Å². The Bertz CT molecular complexity index is 1170. The second-order valence-corrected chi connectivity index (χ2v) is 7.98. The Morgan fingerprint density at radius 2 is 1.93 bits per heavy atom. The van der Waals surface area contributed by atoms with Crippen molar-refractivity contribution in [2.45, 2.75) is 13.5 Å². The maximum Gasteiger partial charge on any atom is 0.293 e. The van der Waals surface area contributed by atoms with Crippen LogP contribution in [0.1, 0.15) is 16.8 Å². The normalized spacial score (nSPS) is 16.0. The number of aryl methyl sites for hydroxylation is 1. The summed E-state index contributed by atoms with van der Waals surface area (Å²) in [4.78, 5) is 26.8. The van der Waals surface area contributed by atoms with Crippen LogP contribution in [0, 0.1) is 12.7 Å². The second kappa shape index (κ2) is 7.11.